The van der Waals surface area contributed by atoms with Gasteiger partial charge in [-0.2, -0.15) is 0 Å². The standard InChI is InChI=1S/C16H21ClN4O2.HI/c1-23-14-5-2-11(7-13(14)17)20-16(18)19-8-10-6-15(22)21(9-10)12-3-4-12;/h2,5,7,10,12H,3-4,6,8-9H2,1H3,(H3,18,19,20);1H. The fourth-order valence-electron chi connectivity index (χ4n) is 2.83. The first kappa shape index (κ1) is 19.1. The van der Waals surface area contributed by atoms with Gasteiger partial charge in [0.05, 0.1) is 12.1 Å². The second-order valence-electron chi connectivity index (χ2n) is 6.05. The Morgan fingerprint density at radius 2 is 2.25 bits per heavy atom. The Kier molecular flexibility index (Phi) is 6.56. The summed E-state index contributed by atoms with van der Waals surface area (Å²) >= 11 is 6.07. The topological polar surface area (TPSA) is 80.0 Å². The Labute approximate surface area is 163 Å². The van der Waals surface area contributed by atoms with E-state index in [1.54, 1.807) is 19.2 Å². The Balaban J connectivity index is 0.00000208. The van der Waals surface area contributed by atoms with Gasteiger partial charge >= 0.3 is 0 Å². The number of rotatable bonds is 5. The number of carbonyl (C=O) groups is 1. The zero-order valence-corrected chi connectivity index (χ0v) is 16.6. The molecule has 0 aromatic heterocycles. The van der Waals surface area contributed by atoms with E-state index in [0.717, 1.165) is 25.1 Å². The lowest BCUT2D eigenvalue weighted by molar-refractivity contribution is -0.128. The lowest BCUT2D eigenvalue weighted by atomic mass is 10.1. The third-order valence-electron chi connectivity index (χ3n) is 4.17. The third-order valence-corrected chi connectivity index (χ3v) is 4.47. The molecule has 6 nitrogen and oxygen atoms in total. The lowest BCUT2D eigenvalue weighted by Gasteiger charge is -2.14. The summed E-state index contributed by atoms with van der Waals surface area (Å²) in [5.41, 5.74) is 6.66. The van der Waals surface area contributed by atoms with Crippen LogP contribution < -0.4 is 15.8 Å². The van der Waals surface area contributed by atoms with Gasteiger partial charge in [0, 0.05) is 37.2 Å². The van der Waals surface area contributed by atoms with Crippen LogP contribution in [-0.2, 0) is 4.79 Å². The summed E-state index contributed by atoms with van der Waals surface area (Å²) in [7, 11) is 1.57. The van der Waals surface area contributed by atoms with Crippen molar-refractivity contribution in [3.8, 4) is 5.75 Å². The highest BCUT2D eigenvalue weighted by molar-refractivity contribution is 14.0. The number of ether oxygens (including phenoxy) is 1. The highest BCUT2D eigenvalue weighted by atomic mass is 127. The molecule has 8 heteroatoms. The Morgan fingerprint density at radius 3 is 2.88 bits per heavy atom. The molecular weight excluding hydrogens is 443 g/mol. The molecule has 3 N–H and O–H groups in total. The smallest absolute Gasteiger partial charge is 0.223 e. The van der Waals surface area contributed by atoms with E-state index in [0.29, 0.717) is 35.7 Å². The molecule has 1 amide bonds. The number of aliphatic imine (C=N–C) groups is 1. The number of nitrogens with two attached hydrogens (primary N) is 1. The van der Waals surface area contributed by atoms with Crippen LogP contribution in [-0.4, -0.2) is 43.0 Å². The molecule has 2 fully saturated rings. The monoisotopic (exact) mass is 464 g/mol. The maximum atomic E-state index is 11.9. The first-order chi connectivity index (χ1) is 11.1. The zero-order valence-electron chi connectivity index (χ0n) is 13.5. The molecule has 1 heterocycles. The number of methoxy groups -OCH3 is 1. The summed E-state index contributed by atoms with van der Waals surface area (Å²) in [5.74, 6) is 1.44. The molecular formula is C16H22ClIN4O2. The van der Waals surface area contributed by atoms with Gasteiger partial charge in [0.2, 0.25) is 5.91 Å². The molecule has 1 aliphatic carbocycles. The van der Waals surface area contributed by atoms with E-state index in [1.165, 1.54) is 0 Å². The summed E-state index contributed by atoms with van der Waals surface area (Å²) in [6.07, 6.45) is 2.86. The fourth-order valence-corrected chi connectivity index (χ4v) is 3.09. The number of halogens is 2. The van der Waals surface area contributed by atoms with Gasteiger partial charge in [0.25, 0.3) is 0 Å². The highest BCUT2D eigenvalue weighted by Crippen LogP contribution is 2.32. The quantitative estimate of drug-likeness (QED) is 0.399. The number of amides is 1. The molecule has 3 rings (SSSR count). The number of nitrogens with one attached hydrogen (secondary N) is 1. The van der Waals surface area contributed by atoms with E-state index < -0.39 is 0 Å². The van der Waals surface area contributed by atoms with Crippen LogP contribution in [0.5, 0.6) is 5.75 Å². The summed E-state index contributed by atoms with van der Waals surface area (Å²) in [6.45, 7) is 1.35. The molecule has 1 aromatic rings. The van der Waals surface area contributed by atoms with Crippen molar-refractivity contribution in [2.24, 2.45) is 16.6 Å². The SMILES string of the molecule is COc1ccc(NC(N)=NCC2CC(=O)N(C3CC3)C2)cc1Cl.I. The molecule has 1 aromatic carbocycles. The van der Waals surface area contributed by atoms with Crippen LogP contribution in [0.1, 0.15) is 19.3 Å². The maximum Gasteiger partial charge on any atom is 0.223 e. The summed E-state index contributed by atoms with van der Waals surface area (Å²) in [5, 5.41) is 3.51. The van der Waals surface area contributed by atoms with Crippen molar-refractivity contribution in [1.82, 2.24) is 4.90 Å². The molecule has 1 atom stereocenters. The highest BCUT2D eigenvalue weighted by Gasteiger charge is 2.39. The van der Waals surface area contributed by atoms with Crippen molar-refractivity contribution < 1.29 is 9.53 Å². The summed E-state index contributed by atoms with van der Waals surface area (Å²) in [6, 6.07) is 5.80. The molecule has 1 saturated carbocycles. The van der Waals surface area contributed by atoms with Crippen LogP contribution in [0.2, 0.25) is 5.02 Å². The maximum absolute atomic E-state index is 11.9. The van der Waals surface area contributed by atoms with Gasteiger partial charge in [-0.25, -0.2) is 0 Å². The second kappa shape index (κ2) is 8.24. The largest absolute Gasteiger partial charge is 0.495 e. The number of guanidine groups is 1. The van der Waals surface area contributed by atoms with Crippen LogP contribution in [0.25, 0.3) is 0 Å². The van der Waals surface area contributed by atoms with Crippen LogP contribution >= 0.6 is 35.6 Å². The predicted octanol–water partition coefficient (Wildman–Crippen LogP) is 2.70. The van der Waals surface area contributed by atoms with Crippen LogP contribution in [0.15, 0.2) is 23.2 Å². The Morgan fingerprint density at radius 1 is 1.50 bits per heavy atom. The van der Waals surface area contributed by atoms with Crippen molar-refractivity contribution in [3.05, 3.63) is 23.2 Å². The molecule has 24 heavy (non-hydrogen) atoms. The normalized spacial score (nSPS) is 20.8. The number of anilines is 1. The summed E-state index contributed by atoms with van der Waals surface area (Å²) < 4.78 is 5.11. The average Bonchev–Trinajstić information content (AvgIpc) is 3.29. The van der Waals surface area contributed by atoms with Crippen LogP contribution in [0.4, 0.5) is 5.69 Å². The Bertz CT molecular complexity index is 637. The van der Waals surface area contributed by atoms with E-state index >= 15 is 0 Å². The summed E-state index contributed by atoms with van der Waals surface area (Å²) in [4.78, 5) is 18.2. The van der Waals surface area contributed by atoms with Crippen LogP contribution in [0.3, 0.4) is 0 Å². The van der Waals surface area contributed by atoms with Gasteiger partial charge in [-0.15, -0.1) is 24.0 Å². The minimum atomic E-state index is 0. The van der Waals surface area contributed by atoms with Gasteiger partial charge in [-0.05, 0) is 31.0 Å². The molecule has 1 saturated heterocycles. The van der Waals surface area contributed by atoms with Crippen molar-refractivity contribution in [2.45, 2.75) is 25.3 Å². The van der Waals surface area contributed by atoms with Gasteiger partial charge in [-0.1, -0.05) is 11.6 Å². The average molecular weight is 465 g/mol. The van der Waals surface area contributed by atoms with Gasteiger partial charge in [-0.3, -0.25) is 9.79 Å². The molecule has 2 aliphatic rings. The van der Waals surface area contributed by atoms with E-state index in [1.807, 2.05) is 11.0 Å². The molecule has 0 spiro atoms. The van der Waals surface area contributed by atoms with E-state index in [4.69, 9.17) is 22.1 Å². The number of nitrogens with zero attached hydrogens (tertiary/aromatic N) is 2. The van der Waals surface area contributed by atoms with Gasteiger partial charge < -0.3 is 20.7 Å². The molecule has 132 valence electrons. The van der Waals surface area contributed by atoms with Gasteiger partial charge in [0.15, 0.2) is 5.96 Å². The van der Waals surface area contributed by atoms with Crippen LogP contribution in [0, 0.1) is 5.92 Å². The molecule has 1 aliphatic heterocycles. The first-order valence-corrected chi connectivity index (χ1v) is 8.14. The molecule has 1 unspecified atom stereocenters. The second-order valence-corrected chi connectivity index (χ2v) is 6.45. The molecule has 0 bridgehead atoms. The third kappa shape index (κ3) is 4.66. The number of hydrogen-bond acceptors (Lipinski definition) is 3. The fraction of sp³-hybridized carbons (Fsp3) is 0.500. The lowest BCUT2D eigenvalue weighted by Crippen LogP contribution is -2.28. The first-order valence-electron chi connectivity index (χ1n) is 7.76. The predicted molar refractivity (Wildman–Crippen MR) is 106 cm³/mol. The number of benzene rings is 1. The van der Waals surface area contributed by atoms with Crippen molar-refractivity contribution in [3.63, 3.8) is 0 Å². The zero-order chi connectivity index (χ0) is 16.4. The minimum Gasteiger partial charge on any atom is -0.495 e. The minimum absolute atomic E-state index is 0. The van der Waals surface area contributed by atoms with Crippen molar-refractivity contribution >= 4 is 53.1 Å². The van der Waals surface area contributed by atoms with Crippen molar-refractivity contribution in [1.29, 1.82) is 0 Å². The Hall–Kier alpha value is -1.22. The number of carbonyl (C=O) groups excluding carboxylic acids is 1. The van der Waals surface area contributed by atoms with E-state index in [9.17, 15) is 4.79 Å². The van der Waals surface area contributed by atoms with Crippen molar-refractivity contribution in [2.75, 3.05) is 25.5 Å². The van der Waals surface area contributed by atoms with E-state index in [-0.39, 0.29) is 35.8 Å². The van der Waals surface area contributed by atoms with Gasteiger partial charge in [0.1, 0.15) is 5.75 Å². The number of likely N-dealkylation sites (tertiary alicyclic amines) is 1. The molecule has 0 radical (unpaired) electrons. The van der Waals surface area contributed by atoms with E-state index in [2.05, 4.69) is 10.3 Å². The number of hydrogen-bond donors (Lipinski definition) is 2.